The number of nitrogens with zero attached hydrogens (tertiary/aromatic N) is 1. The first-order valence-electron chi connectivity index (χ1n) is 3.30. The Morgan fingerprint density at radius 3 is 2.60 bits per heavy atom. The van der Waals surface area contributed by atoms with Gasteiger partial charge in [-0.1, -0.05) is 12.2 Å². The number of aliphatic hydroxyl groups excluding tert-OH is 1. The molecule has 1 unspecified atom stereocenters. The first-order chi connectivity index (χ1) is 4.70. The normalized spacial score (nSPS) is 13.1. The van der Waals surface area contributed by atoms with Gasteiger partial charge < -0.3 is 5.11 Å². The fraction of sp³-hybridized carbons (Fsp3) is 0.500. The topological polar surface area (TPSA) is 23.5 Å². The summed E-state index contributed by atoms with van der Waals surface area (Å²) in [6.45, 7) is 8.47. The minimum absolute atomic E-state index is 0.426. The molecule has 0 aliphatic heterocycles. The highest BCUT2D eigenvalue weighted by molar-refractivity contribution is 4.82. The van der Waals surface area contributed by atoms with Crippen LogP contribution in [-0.4, -0.2) is 36.2 Å². The number of aliphatic hydroxyl groups is 1. The van der Waals surface area contributed by atoms with Gasteiger partial charge in [-0.05, 0) is 7.05 Å². The second-order valence-electron chi connectivity index (χ2n) is 2.31. The summed E-state index contributed by atoms with van der Waals surface area (Å²) >= 11 is 0. The van der Waals surface area contributed by atoms with Gasteiger partial charge in [0.1, 0.15) is 0 Å². The van der Waals surface area contributed by atoms with Gasteiger partial charge >= 0.3 is 0 Å². The molecule has 0 saturated carbocycles. The standard InChI is InChI=1S/C8H15NO/c1-4-6-9(3)7-8(10)5-2/h4-5,8,10H,1-2,6-7H2,3H3. The summed E-state index contributed by atoms with van der Waals surface area (Å²) in [6, 6.07) is 0. The van der Waals surface area contributed by atoms with E-state index in [9.17, 15) is 0 Å². The zero-order valence-electron chi connectivity index (χ0n) is 6.45. The molecular formula is C8H15NO. The molecule has 0 aromatic rings. The average Bonchev–Trinajstić information content (AvgIpc) is 1.88. The highest BCUT2D eigenvalue weighted by atomic mass is 16.3. The zero-order chi connectivity index (χ0) is 7.98. The highest BCUT2D eigenvalue weighted by Gasteiger charge is 2.00. The van der Waals surface area contributed by atoms with Gasteiger partial charge in [-0.15, -0.1) is 13.2 Å². The Morgan fingerprint density at radius 1 is 1.60 bits per heavy atom. The lowest BCUT2D eigenvalue weighted by atomic mass is 10.3. The van der Waals surface area contributed by atoms with Gasteiger partial charge in [0, 0.05) is 13.1 Å². The number of hydrogen-bond donors (Lipinski definition) is 1. The van der Waals surface area contributed by atoms with Crippen LogP contribution in [-0.2, 0) is 0 Å². The largest absolute Gasteiger partial charge is 0.388 e. The minimum atomic E-state index is -0.426. The Morgan fingerprint density at radius 2 is 2.20 bits per heavy atom. The van der Waals surface area contributed by atoms with Crippen LogP contribution in [0.25, 0.3) is 0 Å². The molecule has 0 aliphatic carbocycles. The SMILES string of the molecule is C=CCN(C)CC(O)C=C. The van der Waals surface area contributed by atoms with E-state index in [0.29, 0.717) is 6.54 Å². The van der Waals surface area contributed by atoms with Crippen LogP contribution in [0.3, 0.4) is 0 Å². The lowest BCUT2D eigenvalue weighted by molar-refractivity contribution is 0.171. The molecule has 0 amide bonds. The third kappa shape index (κ3) is 4.30. The molecule has 0 fully saturated rings. The smallest absolute Gasteiger partial charge is 0.0845 e. The van der Waals surface area contributed by atoms with Crippen LogP contribution in [0.5, 0.6) is 0 Å². The summed E-state index contributed by atoms with van der Waals surface area (Å²) < 4.78 is 0. The van der Waals surface area contributed by atoms with Crippen molar-refractivity contribution in [3.8, 4) is 0 Å². The molecule has 10 heavy (non-hydrogen) atoms. The van der Waals surface area contributed by atoms with Gasteiger partial charge in [-0.3, -0.25) is 4.90 Å². The van der Waals surface area contributed by atoms with Crippen molar-refractivity contribution < 1.29 is 5.11 Å². The maximum Gasteiger partial charge on any atom is 0.0845 e. The van der Waals surface area contributed by atoms with Gasteiger partial charge in [-0.25, -0.2) is 0 Å². The third-order valence-electron chi connectivity index (χ3n) is 1.21. The fourth-order valence-electron chi connectivity index (χ4n) is 0.689. The highest BCUT2D eigenvalue weighted by Crippen LogP contribution is 1.88. The van der Waals surface area contributed by atoms with Crippen LogP contribution < -0.4 is 0 Å². The predicted octanol–water partition coefficient (Wildman–Crippen LogP) is 0.651. The van der Waals surface area contributed by atoms with E-state index in [1.54, 1.807) is 6.08 Å². The predicted molar refractivity (Wildman–Crippen MR) is 43.9 cm³/mol. The van der Waals surface area contributed by atoms with Gasteiger partial charge in [-0.2, -0.15) is 0 Å². The van der Waals surface area contributed by atoms with Crippen molar-refractivity contribution in [1.82, 2.24) is 4.90 Å². The Labute approximate surface area is 62.5 Å². The molecule has 2 nitrogen and oxygen atoms in total. The molecule has 0 bridgehead atoms. The second kappa shape index (κ2) is 5.21. The summed E-state index contributed by atoms with van der Waals surface area (Å²) in [7, 11) is 1.92. The van der Waals surface area contributed by atoms with Crippen LogP contribution in [0.4, 0.5) is 0 Å². The number of rotatable bonds is 5. The van der Waals surface area contributed by atoms with Crippen LogP contribution in [0.1, 0.15) is 0 Å². The number of hydrogen-bond acceptors (Lipinski definition) is 2. The first kappa shape index (κ1) is 9.40. The van der Waals surface area contributed by atoms with Crippen LogP contribution in [0.15, 0.2) is 25.3 Å². The van der Waals surface area contributed by atoms with E-state index < -0.39 is 6.10 Å². The van der Waals surface area contributed by atoms with E-state index in [0.717, 1.165) is 6.54 Å². The summed E-state index contributed by atoms with van der Waals surface area (Å²) in [6.07, 6.45) is 2.90. The van der Waals surface area contributed by atoms with Crippen molar-refractivity contribution in [2.75, 3.05) is 20.1 Å². The second-order valence-corrected chi connectivity index (χ2v) is 2.31. The molecule has 2 heteroatoms. The van der Waals surface area contributed by atoms with Crippen molar-refractivity contribution in [3.05, 3.63) is 25.3 Å². The van der Waals surface area contributed by atoms with Crippen LogP contribution in [0, 0.1) is 0 Å². The van der Waals surface area contributed by atoms with Crippen molar-refractivity contribution in [1.29, 1.82) is 0 Å². The summed E-state index contributed by atoms with van der Waals surface area (Å²) in [5.74, 6) is 0. The summed E-state index contributed by atoms with van der Waals surface area (Å²) in [4.78, 5) is 1.97. The quantitative estimate of drug-likeness (QED) is 0.568. The molecule has 0 rings (SSSR count). The van der Waals surface area contributed by atoms with E-state index in [1.165, 1.54) is 6.08 Å². The molecule has 0 heterocycles. The molecular weight excluding hydrogens is 126 g/mol. The zero-order valence-corrected chi connectivity index (χ0v) is 6.45. The molecule has 1 N–H and O–H groups in total. The van der Waals surface area contributed by atoms with Crippen molar-refractivity contribution in [2.24, 2.45) is 0 Å². The van der Waals surface area contributed by atoms with Crippen molar-refractivity contribution in [2.45, 2.75) is 6.10 Å². The maximum atomic E-state index is 9.06. The average molecular weight is 141 g/mol. The van der Waals surface area contributed by atoms with E-state index in [4.69, 9.17) is 5.11 Å². The lowest BCUT2D eigenvalue weighted by Crippen LogP contribution is -2.27. The van der Waals surface area contributed by atoms with Crippen molar-refractivity contribution >= 4 is 0 Å². The molecule has 0 saturated heterocycles. The van der Waals surface area contributed by atoms with Crippen molar-refractivity contribution in [3.63, 3.8) is 0 Å². The third-order valence-corrected chi connectivity index (χ3v) is 1.21. The monoisotopic (exact) mass is 141 g/mol. The van der Waals surface area contributed by atoms with E-state index in [2.05, 4.69) is 13.2 Å². The Kier molecular flexibility index (Phi) is 4.89. The molecule has 0 aliphatic rings. The first-order valence-corrected chi connectivity index (χ1v) is 3.30. The van der Waals surface area contributed by atoms with Crippen LogP contribution in [0.2, 0.25) is 0 Å². The van der Waals surface area contributed by atoms with Crippen LogP contribution >= 0.6 is 0 Å². The summed E-state index contributed by atoms with van der Waals surface area (Å²) in [5.41, 5.74) is 0. The molecule has 0 radical (unpaired) electrons. The Hall–Kier alpha value is -0.600. The Balaban J connectivity index is 3.45. The fourth-order valence-corrected chi connectivity index (χ4v) is 0.689. The van der Waals surface area contributed by atoms with E-state index >= 15 is 0 Å². The lowest BCUT2D eigenvalue weighted by Gasteiger charge is -2.15. The Bertz CT molecular complexity index is 112. The molecule has 1 atom stereocenters. The number of likely N-dealkylation sites (N-methyl/N-ethyl adjacent to an activating group) is 1. The summed E-state index contributed by atoms with van der Waals surface area (Å²) in [5, 5.41) is 9.06. The molecule has 0 spiro atoms. The molecule has 0 aromatic carbocycles. The van der Waals surface area contributed by atoms with Gasteiger partial charge in [0.15, 0.2) is 0 Å². The maximum absolute atomic E-state index is 9.06. The van der Waals surface area contributed by atoms with Gasteiger partial charge in [0.05, 0.1) is 6.10 Å². The minimum Gasteiger partial charge on any atom is -0.388 e. The molecule has 58 valence electrons. The van der Waals surface area contributed by atoms with E-state index in [1.807, 2.05) is 11.9 Å². The van der Waals surface area contributed by atoms with E-state index in [-0.39, 0.29) is 0 Å². The molecule has 0 aromatic heterocycles. The van der Waals surface area contributed by atoms with Gasteiger partial charge in [0.2, 0.25) is 0 Å². The van der Waals surface area contributed by atoms with Gasteiger partial charge in [0.25, 0.3) is 0 Å².